The van der Waals surface area contributed by atoms with Gasteiger partial charge >= 0.3 is 7.60 Å². The molecule has 0 bridgehead atoms. The van der Waals surface area contributed by atoms with Crippen molar-refractivity contribution in [3.63, 3.8) is 0 Å². The van der Waals surface area contributed by atoms with Crippen LogP contribution in [0.1, 0.15) is 86.6 Å². The minimum atomic E-state index is -3.51. The summed E-state index contributed by atoms with van der Waals surface area (Å²) in [6.45, 7) is 21.7. The second-order valence-electron chi connectivity index (χ2n) is 12.0. The summed E-state index contributed by atoms with van der Waals surface area (Å²) in [6, 6.07) is 0. The van der Waals surface area contributed by atoms with Crippen LogP contribution in [0.2, 0.25) is 0 Å². The smallest absolute Gasteiger partial charge is 0.328 e. The van der Waals surface area contributed by atoms with Crippen molar-refractivity contribution in [2.75, 3.05) is 20.4 Å². The average molecular weight is 567 g/mol. The van der Waals surface area contributed by atoms with Crippen LogP contribution in [0.25, 0.3) is 11.2 Å². The van der Waals surface area contributed by atoms with Gasteiger partial charge < -0.3 is 18.5 Å². The van der Waals surface area contributed by atoms with Gasteiger partial charge in [0.05, 0.1) is 30.3 Å². The number of aromatic nitrogens is 4. The maximum absolute atomic E-state index is 14.2. The number of rotatable bonds is 14. The van der Waals surface area contributed by atoms with Gasteiger partial charge in [-0.05, 0) is 43.4 Å². The van der Waals surface area contributed by atoms with Crippen molar-refractivity contribution in [1.82, 2.24) is 19.5 Å². The summed E-state index contributed by atoms with van der Waals surface area (Å²) in [5.74, 6) is 1.69. The molecular weight excluding hydrogens is 515 g/mol. The van der Waals surface area contributed by atoms with E-state index in [4.69, 9.17) is 18.5 Å². The zero-order valence-corrected chi connectivity index (χ0v) is 26.8. The second-order valence-corrected chi connectivity index (χ2v) is 13.9. The second kappa shape index (κ2) is 13.1. The first-order valence-corrected chi connectivity index (χ1v) is 16.5. The van der Waals surface area contributed by atoms with Gasteiger partial charge in [-0.15, -0.1) is 0 Å². The Hall–Kier alpha value is -1.38. The van der Waals surface area contributed by atoms with E-state index in [0.29, 0.717) is 36.4 Å². The highest BCUT2D eigenvalue weighted by molar-refractivity contribution is 7.53. The Kier molecular flexibility index (Phi) is 10.8. The molecule has 3 rings (SSSR count). The SMILES string of the molecule is CCC(C)C(C)C(C)C(C)(OP(C)(=O)OC1CC(n2cnc3c(C)ncnc32)OC1COC)C(C)C(C)CC. The molecule has 10 unspecified atom stereocenters. The lowest BCUT2D eigenvalue weighted by molar-refractivity contribution is -0.0801. The highest BCUT2D eigenvalue weighted by Gasteiger charge is 2.48. The molecule has 0 amide bonds. The number of nitrogens with zero attached hydrogens (tertiary/aromatic N) is 4. The zero-order valence-electron chi connectivity index (χ0n) is 25.9. The molecule has 9 nitrogen and oxygen atoms in total. The van der Waals surface area contributed by atoms with Crippen molar-refractivity contribution >= 4 is 18.8 Å². The number of aryl methyl sites for hydroxylation is 1. The maximum atomic E-state index is 14.2. The van der Waals surface area contributed by atoms with Crippen molar-refractivity contribution in [3.8, 4) is 0 Å². The summed E-state index contributed by atoms with van der Waals surface area (Å²) >= 11 is 0. The Bertz CT molecular complexity index is 1130. The van der Waals surface area contributed by atoms with E-state index < -0.39 is 25.4 Å². The molecule has 0 N–H and O–H groups in total. The van der Waals surface area contributed by atoms with E-state index in [2.05, 4.69) is 70.3 Å². The van der Waals surface area contributed by atoms with Crippen LogP contribution in [0.4, 0.5) is 0 Å². The predicted molar refractivity (Wildman–Crippen MR) is 155 cm³/mol. The van der Waals surface area contributed by atoms with E-state index in [1.54, 1.807) is 20.1 Å². The van der Waals surface area contributed by atoms with Crippen LogP contribution < -0.4 is 0 Å². The number of fused-ring (bicyclic) bond motifs is 1. The van der Waals surface area contributed by atoms with Crippen LogP contribution >= 0.6 is 7.60 Å². The average Bonchev–Trinajstić information content (AvgIpc) is 3.50. The molecule has 0 aliphatic carbocycles. The first-order chi connectivity index (χ1) is 18.3. The summed E-state index contributed by atoms with van der Waals surface area (Å²) in [5, 5.41) is 0. The fourth-order valence-corrected chi connectivity index (χ4v) is 7.79. The lowest BCUT2D eigenvalue weighted by Crippen LogP contribution is -2.48. The summed E-state index contributed by atoms with van der Waals surface area (Å²) in [5.41, 5.74) is 1.60. The third-order valence-electron chi connectivity index (χ3n) is 9.69. The molecule has 0 aromatic carbocycles. The predicted octanol–water partition coefficient (Wildman–Crippen LogP) is 7.05. The molecular formula is C29H51N4O5P. The van der Waals surface area contributed by atoms with Crippen LogP contribution in [0.5, 0.6) is 0 Å². The fourth-order valence-electron chi connectivity index (χ4n) is 5.99. The van der Waals surface area contributed by atoms with Gasteiger partial charge in [0.25, 0.3) is 0 Å². The lowest BCUT2D eigenvalue weighted by atomic mass is 9.67. The van der Waals surface area contributed by atoms with Crippen LogP contribution in [0, 0.1) is 36.5 Å². The molecule has 1 saturated heterocycles. The standard InChI is InChI=1S/C29H51N4O5P/c1-12-18(3)20(5)22(7)29(9,21(6)19(4)13-2)38-39(11,34)37-24-14-26(36-25(24)15-35-10)33-17-32-27-23(8)30-16-31-28(27)33/h16-22,24-26H,12-15H2,1-11H3. The highest BCUT2D eigenvalue weighted by atomic mass is 31.2. The molecule has 0 saturated carbocycles. The molecule has 2 aromatic rings. The molecule has 222 valence electrons. The van der Waals surface area contributed by atoms with Crippen molar-refractivity contribution in [2.24, 2.45) is 29.6 Å². The van der Waals surface area contributed by atoms with Crippen LogP contribution in [0.15, 0.2) is 12.7 Å². The third-order valence-corrected chi connectivity index (χ3v) is 11.1. The molecule has 1 fully saturated rings. The van der Waals surface area contributed by atoms with E-state index in [9.17, 15) is 4.57 Å². The molecule has 39 heavy (non-hydrogen) atoms. The van der Waals surface area contributed by atoms with E-state index >= 15 is 0 Å². The number of methoxy groups -OCH3 is 1. The van der Waals surface area contributed by atoms with Gasteiger partial charge in [0.2, 0.25) is 0 Å². The number of hydrogen-bond acceptors (Lipinski definition) is 8. The van der Waals surface area contributed by atoms with Gasteiger partial charge in [-0.2, -0.15) is 0 Å². The quantitative estimate of drug-likeness (QED) is 0.224. The molecule has 10 heteroatoms. The monoisotopic (exact) mass is 566 g/mol. The van der Waals surface area contributed by atoms with Gasteiger partial charge in [-0.3, -0.25) is 9.13 Å². The minimum absolute atomic E-state index is 0.177. The van der Waals surface area contributed by atoms with Gasteiger partial charge in [0.15, 0.2) is 5.65 Å². The van der Waals surface area contributed by atoms with Crippen LogP contribution in [0.3, 0.4) is 0 Å². The number of imidazole rings is 1. The first kappa shape index (κ1) is 32.1. The van der Waals surface area contributed by atoms with Crippen LogP contribution in [-0.4, -0.2) is 57.7 Å². The summed E-state index contributed by atoms with van der Waals surface area (Å²) in [6.07, 6.45) is 4.56. The molecule has 0 radical (unpaired) electrons. The molecule has 0 spiro atoms. The molecule has 1 aliphatic rings. The van der Waals surface area contributed by atoms with Crippen molar-refractivity contribution in [3.05, 3.63) is 18.3 Å². The van der Waals surface area contributed by atoms with Crippen molar-refractivity contribution < 1.29 is 23.1 Å². The lowest BCUT2D eigenvalue weighted by Gasteiger charge is -2.47. The molecule has 3 heterocycles. The largest absolute Gasteiger partial charge is 0.382 e. The Labute approximate surface area is 235 Å². The summed E-state index contributed by atoms with van der Waals surface area (Å²) in [4.78, 5) is 13.2. The maximum Gasteiger partial charge on any atom is 0.328 e. The minimum Gasteiger partial charge on any atom is -0.382 e. The Morgan fingerprint density at radius 1 is 1.10 bits per heavy atom. The summed E-state index contributed by atoms with van der Waals surface area (Å²) in [7, 11) is -1.88. The molecule has 2 aromatic heterocycles. The van der Waals surface area contributed by atoms with E-state index in [-0.39, 0.29) is 18.1 Å². The summed E-state index contributed by atoms with van der Waals surface area (Å²) < 4.78 is 40.9. The first-order valence-electron chi connectivity index (χ1n) is 14.5. The zero-order chi connectivity index (χ0) is 29.1. The van der Waals surface area contributed by atoms with Gasteiger partial charge in [0, 0.05) is 20.2 Å². The number of ether oxygens (including phenoxy) is 2. The normalized spacial score (nSPS) is 27.0. The van der Waals surface area contributed by atoms with Gasteiger partial charge in [0.1, 0.15) is 24.2 Å². The fraction of sp³-hybridized carbons (Fsp3) is 0.828. The highest BCUT2D eigenvalue weighted by Crippen LogP contribution is 2.56. The molecule has 1 aliphatic heterocycles. The number of hydrogen-bond donors (Lipinski definition) is 0. The topological polar surface area (TPSA) is 97.6 Å². The van der Waals surface area contributed by atoms with Crippen LogP contribution in [-0.2, 0) is 23.1 Å². The van der Waals surface area contributed by atoms with E-state index in [0.717, 1.165) is 24.1 Å². The van der Waals surface area contributed by atoms with Crippen molar-refractivity contribution in [1.29, 1.82) is 0 Å². The Morgan fingerprint density at radius 3 is 2.38 bits per heavy atom. The van der Waals surface area contributed by atoms with E-state index in [1.165, 1.54) is 6.33 Å². The van der Waals surface area contributed by atoms with E-state index in [1.807, 2.05) is 11.5 Å². The third kappa shape index (κ3) is 6.92. The van der Waals surface area contributed by atoms with Gasteiger partial charge in [-0.25, -0.2) is 15.0 Å². The Morgan fingerprint density at radius 2 is 1.77 bits per heavy atom. The Balaban J connectivity index is 1.87. The van der Waals surface area contributed by atoms with Crippen molar-refractivity contribution in [2.45, 2.75) is 106 Å². The van der Waals surface area contributed by atoms with Gasteiger partial charge in [-0.1, -0.05) is 61.3 Å². The molecule has 10 atom stereocenters.